The summed E-state index contributed by atoms with van der Waals surface area (Å²) in [7, 11) is 1.66. The first-order valence-electron chi connectivity index (χ1n) is 5.86. The fourth-order valence-corrected chi connectivity index (χ4v) is 2.08. The average molecular weight is 304 g/mol. The highest BCUT2D eigenvalue weighted by molar-refractivity contribution is 9.10. The summed E-state index contributed by atoms with van der Waals surface area (Å²) >= 11 is 3.38. The number of ether oxygens (including phenoxy) is 1. The quantitative estimate of drug-likeness (QED) is 0.830. The van der Waals surface area contributed by atoms with Gasteiger partial charge in [0.1, 0.15) is 5.82 Å². The van der Waals surface area contributed by atoms with Crippen molar-refractivity contribution in [2.75, 3.05) is 20.3 Å². The van der Waals surface area contributed by atoms with Crippen molar-refractivity contribution in [2.24, 2.45) is 0 Å². The molecule has 0 bridgehead atoms. The minimum atomic E-state index is -0.169. The number of halogens is 2. The van der Waals surface area contributed by atoms with E-state index in [1.807, 2.05) is 6.07 Å². The fraction of sp³-hybridized carbons (Fsp3) is 0.538. The Bertz CT molecular complexity index is 338. The zero-order valence-electron chi connectivity index (χ0n) is 10.3. The third-order valence-corrected chi connectivity index (χ3v) is 3.08. The zero-order valence-corrected chi connectivity index (χ0v) is 11.9. The number of hydrogen-bond donors (Lipinski definition) is 1. The van der Waals surface area contributed by atoms with Crippen molar-refractivity contribution in [2.45, 2.75) is 25.8 Å². The van der Waals surface area contributed by atoms with E-state index in [2.05, 4.69) is 28.2 Å². The number of methoxy groups -OCH3 is 1. The van der Waals surface area contributed by atoms with Gasteiger partial charge in [0.05, 0.1) is 0 Å². The molecule has 1 N–H and O–H groups in total. The Morgan fingerprint density at radius 3 is 2.88 bits per heavy atom. The van der Waals surface area contributed by atoms with Gasteiger partial charge in [0.25, 0.3) is 0 Å². The lowest BCUT2D eigenvalue weighted by atomic mass is 10.0. The van der Waals surface area contributed by atoms with Crippen LogP contribution in [0.5, 0.6) is 0 Å². The van der Waals surface area contributed by atoms with Gasteiger partial charge in [-0.3, -0.25) is 0 Å². The molecule has 0 saturated carbocycles. The minimum absolute atomic E-state index is 0.00685. The fourth-order valence-electron chi connectivity index (χ4n) is 1.70. The molecule has 2 nitrogen and oxygen atoms in total. The van der Waals surface area contributed by atoms with E-state index in [4.69, 9.17) is 4.74 Å². The van der Waals surface area contributed by atoms with Crippen LogP contribution >= 0.6 is 15.9 Å². The Hall–Kier alpha value is -0.450. The van der Waals surface area contributed by atoms with Gasteiger partial charge in [-0.2, -0.15) is 0 Å². The number of rotatable bonds is 7. The van der Waals surface area contributed by atoms with Crippen LogP contribution < -0.4 is 5.32 Å². The van der Waals surface area contributed by atoms with E-state index in [0.717, 1.165) is 23.9 Å². The molecule has 1 aromatic rings. The second-order valence-corrected chi connectivity index (χ2v) is 4.87. The third-order valence-electron chi connectivity index (χ3n) is 2.58. The van der Waals surface area contributed by atoms with Gasteiger partial charge < -0.3 is 10.1 Å². The zero-order chi connectivity index (χ0) is 12.7. The summed E-state index contributed by atoms with van der Waals surface area (Å²) in [5.41, 5.74) is 0.699. The van der Waals surface area contributed by atoms with E-state index < -0.39 is 0 Å². The first kappa shape index (κ1) is 14.6. The highest BCUT2D eigenvalue weighted by Crippen LogP contribution is 2.24. The topological polar surface area (TPSA) is 21.3 Å². The second kappa shape index (κ2) is 7.80. The molecule has 0 aliphatic heterocycles. The number of nitrogens with one attached hydrogen (secondary N) is 1. The smallest absolute Gasteiger partial charge is 0.128 e. The van der Waals surface area contributed by atoms with Crippen LogP contribution in [0.1, 0.15) is 31.4 Å². The van der Waals surface area contributed by atoms with Crippen LogP contribution in [0.4, 0.5) is 4.39 Å². The Labute approximate surface area is 111 Å². The van der Waals surface area contributed by atoms with Gasteiger partial charge in [0, 0.05) is 29.8 Å². The molecule has 17 heavy (non-hydrogen) atoms. The predicted molar refractivity (Wildman–Crippen MR) is 71.6 cm³/mol. The Morgan fingerprint density at radius 2 is 2.24 bits per heavy atom. The molecule has 0 aliphatic rings. The minimum Gasteiger partial charge on any atom is -0.385 e. The maximum atomic E-state index is 13.8. The molecule has 0 radical (unpaired) electrons. The van der Waals surface area contributed by atoms with Crippen molar-refractivity contribution in [1.82, 2.24) is 5.32 Å². The van der Waals surface area contributed by atoms with Crippen molar-refractivity contribution in [3.8, 4) is 0 Å². The van der Waals surface area contributed by atoms with Crippen LogP contribution in [0.25, 0.3) is 0 Å². The first-order chi connectivity index (χ1) is 8.19. The van der Waals surface area contributed by atoms with Crippen LogP contribution in [0, 0.1) is 5.82 Å². The third kappa shape index (κ3) is 4.74. The predicted octanol–water partition coefficient (Wildman–Crippen LogP) is 3.67. The summed E-state index contributed by atoms with van der Waals surface area (Å²) in [6.45, 7) is 3.59. The SMILES string of the molecule is CCCNC(CCOC)c1cc(Br)ccc1F. The van der Waals surface area contributed by atoms with Crippen molar-refractivity contribution in [3.05, 3.63) is 34.1 Å². The van der Waals surface area contributed by atoms with Crippen LogP contribution in [-0.2, 0) is 4.74 Å². The van der Waals surface area contributed by atoms with E-state index in [1.54, 1.807) is 13.2 Å². The molecule has 0 spiro atoms. The van der Waals surface area contributed by atoms with Gasteiger partial charge in [-0.15, -0.1) is 0 Å². The second-order valence-electron chi connectivity index (χ2n) is 3.95. The van der Waals surface area contributed by atoms with Gasteiger partial charge in [-0.1, -0.05) is 22.9 Å². The van der Waals surface area contributed by atoms with E-state index in [0.29, 0.717) is 12.2 Å². The van der Waals surface area contributed by atoms with Crippen molar-refractivity contribution < 1.29 is 9.13 Å². The number of hydrogen-bond acceptors (Lipinski definition) is 2. The van der Waals surface area contributed by atoms with Crippen LogP contribution in [0.2, 0.25) is 0 Å². The van der Waals surface area contributed by atoms with Crippen molar-refractivity contribution in [3.63, 3.8) is 0 Å². The highest BCUT2D eigenvalue weighted by atomic mass is 79.9. The Morgan fingerprint density at radius 1 is 1.47 bits per heavy atom. The van der Waals surface area contributed by atoms with Crippen molar-refractivity contribution >= 4 is 15.9 Å². The summed E-state index contributed by atoms with van der Waals surface area (Å²) in [4.78, 5) is 0. The molecule has 0 amide bonds. The molecular formula is C13H19BrFNO. The molecule has 0 saturated heterocycles. The molecular weight excluding hydrogens is 285 g/mol. The Kier molecular flexibility index (Phi) is 6.70. The first-order valence-corrected chi connectivity index (χ1v) is 6.65. The van der Waals surface area contributed by atoms with E-state index in [1.165, 1.54) is 6.07 Å². The van der Waals surface area contributed by atoms with E-state index >= 15 is 0 Å². The molecule has 0 aromatic heterocycles. The summed E-state index contributed by atoms with van der Waals surface area (Å²) in [6.07, 6.45) is 1.79. The number of benzene rings is 1. The molecule has 1 aromatic carbocycles. The molecule has 4 heteroatoms. The molecule has 1 rings (SSSR count). The lowest BCUT2D eigenvalue weighted by Crippen LogP contribution is -2.24. The molecule has 96 valence electrons. The van der Waals surface area contributed by atoms with Crippen LogP contribution in [0.15, 0.2) is 22.7 Å². The van der Waals surface area contributed by atoms with Crippen molar-refractivity contribution in [1.29, 1.82) is 0 Å². The maximum absolute atomic E-state index is 13.8. The summed E-state index contributed by atoms with van der Waals surface area (Å²) in [5, 5.41) is 3.35. The summed E-state index contributed by atoms with van der Waals surface area (Å²) in [6, 6.07) is 5.05. The van der Waals surface area contributed by atoms with Gasteiger partial charge in [0.15, 0.2) is 0 Å². The van der Waals surface area contributed by atoms with E-state index in [9.17, 15) is 4.39 Å². The molecule has 0 heterocycles. The largest absolute Gasteiger partial charge is 0.385 e. The monoisotopic (exact) mass is 303 g/mol. The lowest BCUT2D eigenvalue weighted by Gasteiger charge is -2.19. The molecule has 0 aliphatic carbocycles. The average Bonchev–Trinajstić information content (AvgIpc) is 2.33. The van der Waals surface area contributed by atoms with Crippen LogP contribution in [0.3, 0.4) is 0 Å². The summed E-state index contributed by atoms with van der Waals surface area (Å²) < 4.78 is 19.7. The van der Waals surface area contributed by atoms with Crippen LogP contribution in [-0.4, -0.2) is 20.3 Å². The molecule has 1 unspecified atom stereocenters. The molecule has 0 fully saturated rings. The van der Waals surface area contributed by atoms with E-state index in [-0.39, 0.29) is 11.9 Å². The van der Waals surface area contributed by atoms with Gasteiger partial charge in [-0.05, 0) is 37.6 Å². The standard InChI is InChI=1S/C13H19BrFNO/c1-3-7-16-13(6-8-17-2)11-9-10(14)4-5-12(11)15/h4-5,9,13,16H,3,6-8H2,1-2H3. The maximum Gasteiger partial charge on any atom is 0.128 e. The molecule has 1 atom stereocenters. The highest BCUT2D eigenvalue weighted by Gasteiger charge is 2.15. The normalized spacial score (nSPS) is 12.7. The Balaban J connectivity index is 2.82. The van der Waals surface area contributed by atoms with Gasteiger partial charge >= 0.3 is 0 Å². The lowest BCUT2D eigenvalue weighted by molar-refractivity contribution is 0.182. The summed E-state index contributed by atoms with van der Waals surface area (Å²) in [5.74, 6) is -0.169. The van der Waals surface area contributed by atoms with Gasteiger partial charge in [0.2, 0.25) is 0 Å². The van der Waals surface area contributed by atoms with Gasteiger partial charge in [-0.25, -0.2) is 4.39 Å².